The summed E-state index contributed by atoms with van der Waals surface area (Å²) in [6.07, 6.45) is 2.28. The monoisotopic (exact) mass is 305 g/mol. The number of aliphatic hydroxyl groups excluding tert-OH is 1. The van der Waals surface area contributed by atoms with E-state index in [4.69, 9.17) is 0 Å². The molecule has 2 atom stereocenters. The molecule has 1 N–H and O–H groups in total. The van der Waals surface area contributed by atoms with Crippen LogP contribution in [0.1, 0.15) is 23.7 Å². The van der Waals surface area contributed by atoms with Gasteiger partial charge in [-0.15, -0.1) is 11.3 Å². The Morgan fingerprint density at radius 1 is 1.57 bits per heavy atom. The lowest BCUT2D eigenvalue weighted by molar-refractivity contribution is 0.0763. The van der Waals surface area contributed by atoms with E-state index >= 15 is 0 Å². The van der Waals surface area contributed by atoms with E-state index in [2.05, 4.69) is 5.10 Å². The minimum absolute atomic E-state index is 0.00894. The zero-order chi connectivity index (χ0) is 15.0. The normalized spacial score (nSPS) is 20.0. The van der Waals surface area contributed by atoms with Gasteiger partial charge in [-0.05, 0) is 24.8 Å². The van der Waals surface area contributed by atoms with Gasteiger partial charge in [0.05, 0.1) is 16.5 Å². The van der Waals surface area contributed by atoms with E-state index < -0.39 is 0 Å². The standard InChI is InChI=1S/C15H19N3O2S/c1-10(19)11-5-6-18(8-11)15(20)12-9-17(2)16-14(12)13-4-3-7-21-13/h3-4,7,9-11,19H,5-6,8H2,1-2H3. The average Bonchev–Trinajstić information content (AvgIpc) is 3.17. The fourth-order valence-electron chi connectivity index (χ4n) is 2.78. The van der Waals surface area contributed by atoms with Crippen LogP contribution >= 0.6 is 11.3 Å². The molecule has 21 heavy (non-hydrogen) atoms. The van der Waals surface area contributed by atoms with Crippen LogP contribution in [0.3, 0.4) is 0 Å². The van der Waals surface area contributed by atoms with E-state index in [9.17, 15) is 9.90 Å². The van der Waals surface area contributed by atoms with Crippen molar-refractivity contribution in [3.63, 3.8) is 0 Å². The fraction of sp³-hybridized carbons (Fsp3) is 0.467. The highest BCUT2D eigenvalue weighted by Gasteiger charge is 2.31. The lowest BCUT2D eigenvalue weighted by Gasteiger charge is -2.17. The summed E-state index contributed by atoms with van der Waals surface area (Å²) >= 11 is 1.58. The summed E-state index contributed by atoms with van der Waals surface area (Å²) < 4.78 is 1.69. The van der Waals surface area contributed by atoms with Crippen molar-refractivity contribution in [2.45, 2.75) is 19.4 Å². The largest absolute Gasteiger partial charge is 0.393 e. The number of carbonyl (C=O) groups is 1. The van der Waals surface area contributed by atoms with Gasteiger partial charge in [-0.3, -0.25) is 9.48 Å². The molecular formula is C15H19N3O2S. The molecule has 1 aliphatic rings. The molecule has 6 heteroatoms. The van der Waals surface area contributed by atoms with Crippen LogP contribution in [0.25, 0.3) is 10.6 Å². The molecule has 2 aromatic rings. The number of aryl methyl sites for hydroxylation is 1. The molecule has 0 spiro atoms. The first-order valence-corrected chi connectivity index (χ1v) is 7.99. The van der Waals surface area contributed by atoms with Crippen molar-refractivity contribution in [3.05, 3.63) is 29.3 Å². The zero-order valence-electron chi connectivity index (χ0n) is 12.2. The first-order valence-electron chi connectivity index (χ1n) is 7.11. The molecule has 0 bridgehead atoms. The number of amides is 1. The molecule has 1 fully saturated rings. The molecule has 0 aromatic carbocycles. The van der Waals surface area contributed by atoms with Gasteiger partial charge < -0.3 is 10.0 Å². The van der Waals surface area contributed by atoms with Gasteiger partial charge in [-0.25, -0.2) is 0 Å². The summed E-state index contributed by atoms with van der Waals surface area (Å²) in [5.41, 5.74) is 1.39. The van der Waals surface area contributed by atoms with Crippen LogP contribution in [-0.2, 0) is 7.05 Å². The number of carbonyl (C=O) groups excluding carboxylic acids is 1. The van der Waals surface area contributed by atoms with E-state index in [1.54, 1.807) is 29.1 Å². The second kappa shape index (κ2) is 5.61. The van der Waals surface area contributed by atoms with Crippen LogP contribution < -0.4 is 0 Å². The van der Waals surface area contributed by atoms with Gasteiger partial charge in [0, 0.05) is 32.3 Å². The van der Waals surface area contributed by atoms with Crippen LogP contribution in [0.15, 0.2) is 23.7 Å². The van der Waals surface area contributed by atoms with Crippen LogP contribution in [0.5, 0.6) is 0 Å². The number of hydrogen-bond donors (Lipinski definition) is 1. The fourth-order valence-corrected chi connectivity index (χ4v) is 3.50. The molecule has 3 rings (SSSR count). The van der Waals surface area contributed by atoms with Gasteiger partial charge in [0.1, 0.15) is 5.69 Å². The quantitative estimate of drug-likeness (QED) is 0.943. The highest BCUT2D eigenvalue weighted by molar-refractivity contribution is 7.13. The van der Waals surface area contributed by atoms with Gasteiger partial charge in [0.25, 0.3) is 5.91 Å². The molecule has 112 valence electrons. The summed E-state index contributed by atoms with van der Waals surface area (Å²) in [7, 11) is 1.83. The number of nitrogens with zero attached hydrogens (tertiary/aromatic N) is 3. The smallest absolute Gasteiger partial charge is 0.257 e. The molecule has 5 nitrogen and oxygen atoms in total. The Kier molecular flexibility index (Phi) is 3.82. The SMILES string of the molecule is CC(O)C1CCN(C(=O)c2cn(C)nc2-c2cccs2)C1. The molecule has 1 amide bonds. The van der Waals surface area contributed by atoms with Crippen molar-refractivity contribution in [3.8, 4) is 10.6 Å². The van der Waals surface area contributed by atoms with Crippen molar-refractivity contribution < 1.29 is 9.90 Å². The van der Waals surface area contributed by atoms with Crippen molar-refractivity contribution in [2.24, 2.45) is 13.0 Å². The molecule has 3 heterocycles. The van der Waals surface area contributed by atoms with Crippen LogP contribution in [0.2, 0.25) is 0 Å². The first kappa shape index (κ1) is 14.3. The lowest BCUT2D eigenvalue weighted by Crippen LogP contribution is -2.30. The lowest BCUT2D eigenvalue weighted by atomic mass is 10.0. The number of aromatic nitrogens is 2. The predicted molar refractivity (Wildman–Crippen MR) is 82.2 cm³/mol. The van der Waals surface area contributed by atoms with E-state index in [0.717, 1.165) is 17.0 Å². The Morgan fingerprint density at radius 2 is 2.38 bits per heavy atom. The third kappa shape index (κ3) is 2.73. The molecule has 2 aromatic heterocycles. The third-order valence-electron chi connectivity index (χ3n) is 4.01. The Bertz CT molecular complexity index is 633. The molecule has 0 aliphatic carbocycles. The van der Waals surface area contributed by atoms with E-state index in [-0.39, 0.29) is 17.9 Å². The van der Waals surface area contributed by atoms with Crippen LogP contribution in [-0.4, -0.2) is 44.9 Å². The molecule has 0 radical (unpaired) electrons. The number of thiophene rings is 1. The first-order chi connectivity index (χ1) is 10.1. The second-order valence-corrected chi connectivity index (χ2v) is 6.53. The topological polar surface area (TPSA) is 58.4 Å². The van der Waals surface area contributed by atoms with E-state index in [1.165, 1.54) is 0 Å². The highest BCUT2D eigenvalue weighted by Crippen LogP contribution is 2.29. The number of likely N-dealkylation sites (tertiary alicyclic amines) is 1. The Hall–Kier alpha value is -1.66. The Morgan fingerprint density at radius 3 is 3.00 bits per heavy atom. The maximum absolute atomic E-state index is 12.7. The molecule has 1 aliphatic heterocycles. The average molecular weight is 305 g/mol. The van der Waals surface area contributed by atoms with Gasteiger partial charge in [0.2, 0.25) is 0 Å². The minimum Gasteiger partial charge on any atom is -0.393 e. The summed E-state index contributed by atoms with van der Waals surface area (Å²) in [5.74, 6) is 0.186. The van der Waals surface area contributed by atoms with Crippen LogP contribution in [0, 0.1) is 5.92 Å². The van der Waals surface area contributed by atoms with Gasteiger partial charge in [0.15, 0.2) is 0 Å². The Balaban J connectivity index is 1.86. The Labute approximate surface area is 127 Å². The highest BCUT2D eigenvalue weighted by atomic mass is 32.1. The summed E-state index contributed by atoms with van der Waals surface area (Å²) in [6, 6.07) is 3.94. The molecule has 1 saturated heterocycles. The second-order valence-electron chi connectivity index (χ2n) is 5.58. The van der Waals surface area contributed by atoms with Crippen molar-refractivity contribution in [1.29, 1.82) is 0 Å². The zero-order valence-corrected chi connectivity index (χ0v) is 13.0. The van der Waals surface area contributed by atoms with Crippen molar-refractivity contribution in [1.82, 2.24) is 14.7 Å². The van der Waals surface area contributed by atoms with E-state index in [0.29, 0.717) is 18.7 Å². The number of aliphatic hydroxyl groups is 1. The molecule has 2 unspecified atom stereocenters. The van der Waals surface area contributed by atoms with Crippen molar-refractivity contribution in [2.75, 3.05) is 13.1 Å². The van der Waals surface area contributed by atoms with Gasteiger partial charge in [-0.1, -0.05) is 6.07 Å². The summed E-state index contributed by atoms with van der Waals surface area (Å²) in [4.78, 5) is 15.6. The maximum Gasteiger partial charge on any atom is 0.257 e. The van der Waals surface area contributed by atoms with Gasteiger partial charge >= 0.3 is 0 Å². The predicted octanol–water partition coefficient (Wildman–Crippen LogP) is 1.99. The summed E-state index contributed by atoms with van der Waals surface area (Å²) in [6.45, 7) is 3.11. The van der Waals surface area contributed by atoms with Crippen molar-refractivity contribution >= 4 is 17.2 Å². The minimum atomic E-state index is -0.367. The molecule has 0 saturated carbocycles. The van der Waals surface area contributed by atoms with Crippen LogP contribution in [0.4, 0.5) is 0 Å². The molecular weight excluding hydrogens is 286 g/mol. The third-order valence-corrected chi connectivity index (χ3v) is 4.88. The number of hydrogen-bond acceptors (Lipinski definition) is 4. The summed E-state index contributed by atoms with van der Waals surface area (Å²) in [5, 5.41) is 16.1. The van der Waals surface area contributed by atoms with E-state index in [1.807, 2.05) is 29.5 Å². The maximum atomic E-state index is 12.7. The van der Waals surface area contributed by atoms with Gasteiger partial charge in [-0.2, -0.15) is 5.10 Å². The number of rotatable bonds is 3.